The van der Waals surface area contributed by atoms with Crippen LogP contribution < -0.4 is 16.0 Å². The highest BCUT2D eigenvalue weighted by atomic mass is 35.5. The fourth-order valence-corrected chi connectivity index (χ4v) is 5.07. The summed E-state index contributed by atoms with van der Waals surface area (Å²) in [5, 5.41) is 8.01. The van der Waals surface area contributed by atoms with Crippen LogP contribution in [-0.2, 0) is 9.59 Å². The van der Waals surface area contributed by atoms with Crippen LogP contribution >= 0.6 is 46.4 Å². The lowest BCUT2D eigenvalue weighted by Gasteiger charge is -2.31. The van der Waals surface area contributed by atoms with E-state index in [1.165, 1.54) is 4.90 Å². The van der Waals surface area contributed by atoms with E-state index in [0.717, 1.165) is 0 Å². The molecule has 7 nitrogen and oxygen atoms in total. The molecule has 0 radical (unpaired) electrons. The van der Waals surface area contributed by atoms with Crippen LogP contribution in [0, 0.1) is 5.92 Å². The lowest BCUT2D eigenvalue weighted by molar-refractivity contribution is -0.124. The Hall–Kier alpha value is -3.07. The van der Waals surface area contributed by atoms with E-state index < -0.39 is 22.8 Å². The van der Waals surface area contributed by atoms with Gasteiger partial charge in [0.2, 0.25) is 5.91 Å². The van der Waals surface area contributed by atoms with Crippen LogP contribution in [0.1, 0.15) is 25.5 Å². The summed E-state index contributed by atoms with van der Waals surface area (Å²) in [7, 11) is 0. The van der Waals surface area contributed by atoms with E-state index in [9.17, 15) is 9.59 Å². The van der Waals surface area contributed by atoms with E-state index in [-0.39, 0.29) is 18.4 Å². The third-order valence-electron chi connectivity index (χ3n) is 6.58. The first-order chi connectivity index (χ1) is 19.6. The third-order valence-corrected chi connectivity index (χ3v) is 7.58. The molecule has 3 N–H and O–H groups in total. The summed E-state index contributed by atoms with van der Waals surface area (Å²) in [6.07, 6.45) is 0. The summed E-state index contributed by atoms with van der Waals surface area (Å²) in [4.78, 5) is 26.4. The Morgan fingerprint density at radius 2 is 1.61 bits per heavy atom. The van der Waals surface area contributed by atoms with E-state index >= 15 is 0 Å². The molecule has 0 saturated carbocycles. The van der Waals surface area contributed by atoms with Gasteiger partial charge in [0, 0.05) is 35.5 Å². The van der Waals surface area contributed by atoms with Crippen molar-refractivity contribution >= 4 is 63.9 Å². The summed E-state index contributed by atoms with van der Waals surface area (Å²) in [6.45, 7) is 3.97. The van der Waals surface area contributed by atoms with Crippen molar-refractivity contribution in [1.82, 2.24) is 10.5 Å². The molecule has 0 fully saturated rings. The molecule has 1 aromatic heterocycles. The molecule has 2 amide bonds. The van der Waals surface area contributed by atoms with Gasteiger partial charge in [-0.25, -0.2) is 0 Å². The zero-order chi connectivity index (χ0) is 29.7. The number of benzene rings is 3. The number of hydrogen-bond donors (Lipinski definition) is 2. The number of nitrogens with zero attached hydrogens (tertiary/aromatic N) is 2. The Balaban J connectivity index is 1.61. The van der Waals surface area contributed by atoms with Crippen molar-refractivity contribution in [2.45, 2.75) is 30.8 Å². The van der Waals surface area contributed by atoms with Crippen molar-refractivity contribution in [3.63, 3.8) is 0 Å². The number of nitrogens with one attached hydrogen (secondary N) is 1. The Kier molecular flexibility index (Phi) is 10.3. The molecule has 1 heterocycles. The number of nitrogens with two attached hydrogens (primary N) is 1. The topological polar surface area (TPSA) is 101 Å². The number of anilines is 1. The summed E-state index contributed by atoms with van der Waals surface area (Å²) in [5.41, 5.74) is 9.05. The first kappa shape index (κ1) is 30.9. The molecule has 11 heteroatoms. The quantitative estimate of drug-likeness (QED) is 0.179. The highest BCUT2D eigenvalue weighted by molar-refractivity contribution is 6.54. The second kappa shape index (κ2) is 13.7. The predicted molar refractivity (Wildman–Crippen MR) is 165 cm³/mol. The van der Waals surface area contributed by atoms with Crippen molar-refractivity contribution in [2.24, 2.45) is 11.7 Å². The van der Waals surface area contributed by atoms with E-state index in [2.05, 4.69) is 10.5 Å². The average molecular weight is 634 g/mol. The number of amides is 2. The minimum absolute atomic E-state index is 0.0540. The fraction of sp³-hybridized carbons (Fsp3) is 0.233. The van der Waals surface area contributed by atoms with Crippen LogP contribution in [0.15, 0.2) is 83.4 Å². The van der Waals surface area contributed by atoms with Gasteiger partial charge in [0.15, 0.2) is 10.6 Å². The third kappa shape index (κ3) is 7.42. The molecule has 0 aliphatic carbocycles. The van der Waals surface area contributed by atoms with Crippen LogP contribution in [0.5, 0.6) is 0 Å². The number of rotatable bonds is 10. The fourth-order valence-electron chi connectivity index (χ4n) is 4.24. The highest BCUT2D eigenvalue weighted by Crippen LogP contribution is 2.36. The normalized spacial score (nSPS) is 12.8. The monoisotopic (exact) mass is 632 g/mol. The van der Waals surface area contributed by atoms with Crippen LogP contribution in [0.4, 0.5) is 5.69 Å². The van der Waals surface area contributed by atoms with Gasteiger partial charge in [-0.1, -0.05) is 114 Å². The second-order valence-corrected chi connectivity index (χ2v) is 11.6. The maximum atomic E-state index is 13.2. The molecule has 41 heavy (non-hydrogen) atoms. The SMILES string of the molecule is CC(C)[C@@H](CN(C(=O)C(Cl)Cl)c1cccc(-c2cc(-c3c(Cl)cccc3Cl)no2)c1)NC(=O)[C@H](N)c1ccccc1. The second-order valence-electron chi connectivity index (χ2n) is 9.72. The lowest BCUT2D eigenvalue weighted by atomic mass is 10.0. The molecule has 3 aromatic carbocycles. The van der Waals surface area contributed by atoms with Gasteiger partial charge < -0.3 is 20.5 Å². The number of carbonyl (C=O) groups is 2. The van der Waals surface area contributed by atoms with Gasteiger partial charge in [0.1, 0.15) is 11.7 Å². The van der Waals surface area contributed by atoms with Crippen LogP contribution in [0.2, 0.25) is 10.0 Å². The standard InChI is InChI=1S/C30H28Cl4N4O3/c1-17(2)24(36-29(39)27(35)18-8-4-3-5-9-18)16-38(30(40)28(33)34)20-11-6-10-19(14-20)25-15-23(37-41-25)26-21(31)12-7-13-22(26)32/h3-15,17,24,27-28H,16,35H2,1-2H3,(H,36,39)/t24-,27-/m1/s1. The maximum Gasteiger partial charge on any atom is 0.260 e. The molecular formula is C30H28Cl4N4O3. The van der Waals surface area contributed by atoms with E-state index in [4.69, 9.17) is 56.7 Å². The summed E-state index contributed by atoms with van der Waals surface area (Å²) >= 11 is 24.8. The predicted octanol–water partition coefficient (Wildman–Crippen LogP) is 7.29. The zero-order valence-corrected chi connectivity index (χ0v) is 25.3. The molecule has 0 saturated heterocycles. The molecule has 0 spiro atoms. The van der Waals surface area contributed by atoms with E-state index in [1.54, 1.807) is 54.6 Å². The summed E-state index contributed by atoms with van der Waals surface area (Å²) in [6, 6.07) is 21.7. The highest BCUT2D eigenvalue weighted by Gasteiger charge is 2.29. The number of alkyl halides is 2. The minimum atomic E-state index is -1.33. The van der Waals surface area contributed by atoms with Gasteiger partial charge in [-0.2, -0.15) is 0 Å². The van der Waals surface area contributed by atoms with Gasteiger partial charge in [0.05, 0.1) is 10.0 Å². The Labute approximate surface area is 258 Å². The lowest BCUT2D eigenvalue weighted by Crippen LogP contribution is -2.51. The Morgan fingerprint density at radius 1 is 0.951 bits per heavy atom. The minimum Gasteiger partial charge on any atom is -0.356 e. The number of carbonyl (C=O) groups excluding carboxylic acids is 2. The first-order valence-corrected chi connectivity index (χ1v) is 14.4. The summed E-state index contributed by atoms with van der Waals surface area (Å²) < 4.78 is 5.60. The van der Waals surface area contributed by atoms with Crippen molar-refractivity contribution in [2.75, 3.05) is 11.4 Å². The van der Waals surface area contributed by atoms with Gasteiger partial charge >= 0.3 is 0 Å². The maximum absolute atomic E-state index is 13.2. The zero-order valence-electron chi connectivity index (χ0n) is 22.2. The molecule has 2 atom stereocenters. The molecule has 0 unspecified atom stereocenters. The van der Waals surface area contributed by atoms with Crippen molar-refractivity contribution < 1.29 is 14.1 Å². The Morgan fingerprint density at radius 3 is 2.24 bits per heavy atom. The smallest absolute Gasteiger partial charge is 0.260 e. The molecule has 0 aliphatic heterocycles. The summed E-state index contributed by atoms with van der Waals surface area (Å²) in [5.74, 6) is -0.529. The molecule has 0 aliphatic rings. The molecule has 214 valence electrons. The van der Waals surface area contributed by atoms with E-state index in [0.29, 0.717) is 43.9 Å². The molecule has 4 rings (SSSR count). The van der Waals surface area contributed by atoms with Gasteiger partial charge in [-0.15, -0.1) is 0 Å². The van der Waals surface area contributed by atoms with Crippen molar-refractivity contribution in [1.29, 1.82) is 0 Å². The van der Waals surface area contributed by atoms with Crippen molar-refractivity contribution in [3.05, 3.63) is 94.5 Å². The number of hydrogen-bond acceptors (Lipinski definition) is 5. The van der Waals surface area contributed by atoms with Gasteiger partial charge in [-0.05, 0) is 35.7 Å². The van der Waals surface area contributed by atoms with Crippen LogP contribution in [-0.4, -0.2) is 34.4 Å². The average Bonchev–Trinajstić information content (AvgIpc) is 3.44. The number of aromatic nitrogens is 1. The van der Waals surface area contributed by atoms with Crippen LogP contribution in [0.3, 0.4) is 0 Å². The van der Waals surface area contributed by atoms with Gasteiger partial charge in [-0.3, -0.25) is 9.59 Å². The molecule has 4 aromatic rings. The number of halogens is 4. The van der Waals surface area contributed by atoms with E-state index in [1.807, 2.05) is 38.1 Å². The van der Waals surface area contributed by atoms with Gasteiger partial charge in [0.25, 0.3) is 5.91 Å². The molecular weight excluding hydrogens is 606 g/mol. The first-order valence-electron chi connectivity index (χ1n) is 12.8. The van der Waals surface area contributed by atoms with Crippen LogP contribution in [0.25, 0.3) is 22.6 Å². The van der Waals surface area contributed by atoms with Crippen molar-refractivity contribution in [3.8, 4) is 22.6 Å². The molecule has 0 bridgehead atoms. The Bertz CT molecular complexity index is 1490. The largest absolute Gasteiger partial charge is 0.356 e.